The molecule has 0 aliphatic rings. The van der Waals surface area contributed by atoms with Gasteiger partial charge in [-0.2, -0.15) is 0 Å². The molecule has 0 spiro atoms. The minimum atomic E-state index is -3.72. The van der Waals surface area contributed by atoms with E-state index in [4.69, 9.17) is 0 Å². The van der Waals surface area contributed by atoms with Gasteiger partial charge in [0.15, 0.2) is 9.84 Å². The SMILES string of the molecule is Cc1ccc(S(=O)(=O)[C@H](CNC(=O)c2ccccn2)c2cccnc2)cc1. The molecule has 0 aliphatic carbocycles. The largest absolute Gasteiger partial charge is 0.349 e. The van der Waals surface area contributed by atoms with Crippen LogP contribution in [-0.4, -0.2) is 30.8 Å². The average molecular weight is 381 g/mol. The van der Waals surface area contributed by atoms with Crippen LogP contribution in [0, 0.1) is 6.92 Å². The Bertz CT molecular complexity index is 1010. The van der Waals surface area contributed by atoms with Gasteiger partial charge in [0.25, 0.3) is 5.91 Å². The molecule has 138 valence electrons. The van der Waals surface area contributed by atoms with Crippen molar-refractivity contribution in [1.82, 2.24) is 15.3 Å². The van der Waals surface area contributed by atoms with E-state index in [9.17, 15) is 13.2 Å². The number of nitrogens with one attached hydrogen (secondary N) is 1. The fourth-order valence-electron chi connectivity index (χ4n) is 2.64. The first-order valence-corrected chi connectivity index (χ1v) is 9.93. The first kappa shape index (κ1) is 18.7. The Kier molecular flexibility index (Phi) is 5.61. The van der Waals surface area contributed by atoms with Gasteiger partial charge in [-0.15, -0.1) is 0 Å². The number of carbonyl (C=O) groups excluding carboxylic acids is 1. The van der Waals surface area contributed by atoms with Gasteiger partial charge in [0.05, 0.1) is 4.90 Å². The Balaban J connectivity index is 1.90. The number of sulfone groups is 1. The molecule has 1 atom stereocenters. The van der Waals surface area contributed by atoms with Crippen molar-refractivity contribution in [1.29, 1.82) is 0 Å². The number of amides is 1. The van der Waals surface area contributed by atoms with Crippen molar-refractivity contribution in [2.24, 2.45) is 0 Å². The Labute approximate surface area is 158 Å². The second-order valence-corrected chi connectivity index (χ2v) is 8.19. The molecule has 0 saturated heterocycles. The van der Waals surface area contributed by atoms with Crippen molar-refractivity contribution in [3.63, 3.8) is 0 Å². The summed E-state index contributed by atoms with van der Waals surface area (Å²) in [6, 6.07) is 15.0. The molecular weight excluding hydrogens is 362 g/mol. The Morgan fingerprint density at radius 3 is 2.44 bits per heavy atom. The van der Waals surface area contributed by atoms with Crippen molar-refractivity contribution in [2.45, 2.75) is 17.1 Å². The van der Waals surface area contributed by atoms with Gasteiger partial charge in [0, 0.05) is 25.1 Å². The van der Waals surface area contributed by atoms with Crippen LogP contribution in [0.2, 0.25) is 0 Å². The predicted octanol–water partition coefficient (Wildman–Crippen LogP) is 2.73. The van der Waals surface area contributed by atoms with E-state index in [1.54, 1.807) is 60.8 Å². The summed E-state index contributed by atoms with van der Waals surface area (Å²) >= 11 is 0. The molecule has 0 unspecified atom stereocenters. The number of hydrogen-bond donors (Lipinski definition) is 1. The topological polar surface area (TPSA) is 89.0 Å². The molecule has 27 heavy (non-hydrogen) atoms. The van der Waals surface area contributed by atoms with Gasteiger partial charge in [-0.1, -0.05) is 29.8 Å². The van der Waals surface area contributed by atoms with Crippen LogP contribution in [-0.2, 0) is 9.84 Å². The highest BCUT2D eigenvalue weighted by Crippen LogP contribution is 2.28. The molecule has 0 aliphatic heterocycles. The predicted molar refractivity (Wildman–Crippen MR) is 102 cm³/mol. The molecule has 0 saturated carbocycles. The van der Waals surface area contributed by atoms with E-state index in [2.05, 4.69) is 15.3 Å². The summed E-state index contributed by atoms with van der Waals surface area (Å²) in [6.07, 6.45) is 4.59. The standard InChI is InChI=1S/C20H19N3O3S/c1-15-7-9-17(10-8-15)27(25,26)19(16-5-4-11-21-13-16)14-23-20(24)18-6-2-3-12-22-18/h2-13,19H,14H2,1H3,(H,23,24)/t19-/m1/s1. The molecule has 1 N–H and O–H groups in total. The maximum absolute atomic E-state index is 13.2. The van der Waals surface area contributed by atoms with E-state index in [1.807, 2.05) is 6.92 Å². The lowest BCUT2D eigenvalue weighted by atomic mass is 10.2. The maximum atomic E-state index is 13.2. The van der Waals surface area contributed by atoms with E-state index >= 15 is 0 Å². The van der Waals surface area contributed by atoms with Crippen LogP contribution in [0.4, 0.5) is 0 Å². The van der Waals surface area contributed by atoms with Crippen molar-refractivity contribution in [3.8, 4) is 0 Å². The monoisotopic (exact) mass is 381 g/mol. The number of carbonyl (C=O) groups is 1. The first-order chi connectivity index (χ1) is 13.0. The average Bonchev–Trinajstić information content (AvgIpc) is 2.69. The number of aromatic nitrogens is 2. The molecule has 3 aromatic rings. The molecule has 6 nitrogen and oxygen atoms in total. The fourth-order valence-corrected chi connectivity index (χ4v) is 4.28. The molecule has 0 radical (unpaired) electrons. The number of nitrogens with zero attached hydrogens (tertiary/aromatic N) is 2. The summed E-state index contributed by atoms with van der Waals surface area (Å²) in [7, 11) is -3.72. The van der Waals surface area contributed by atoms with E-state index in [1.165, 1.54) is 12.4 Å². The molecule has 2 aromatic heterocycles. The second-order valence-electron chi connectivity index (χ2n) is 6.06. The van der Waals surface area contributed by atoms with Crippen LogP contribution >= 0.6 is 0 Å². The van der Waals surface area contributed by atoms with Crippen molar-refractivity contribution < 1.29 is 13.2 Å². The summed E-state index contributed by atoms with van der Waals surface area (Å²) in [6.45, 7) is 1.80. The first-order valence-electron chi connectivity index (χ1n) is 8.38. The van der Waals surface area contributed by atoms with Gasteiger partial charge in [-0.05, 0) is 42.8 Å². The van der Waals surface area contributed by atoms with Crippen molar-refractivity contribution >= 4 is 15.7 Å². The minimum absolute atomic E-state index is 0.0860. The summed E-state index contributed by atoms with van der Waals surface area (Å²) in [5, 5.41) is 1.72. The van der Waals surface area contributed by atoms with Crippen LogP contribution < -0.4 is 5.32 Å². The van der Waals surface area contributed by atoms with Crippen LogP contribution in [0.1, 0.15) is 26.9 Å². The zero-order chi connectivity index (χ0) is 19.3. The van der Waals surface area contributed by atoms with Crippen molar-refractivity contribution in [3.05, 3.63) is 90.0 Å². The molecule has 1 amide bonds. The summed E-state index contributed by atoms with van der Waals surface area (Å²) < 4.78 is 26.4. The van der Waals surface area contributed by atoms with Gasteiger partial charge in [-0.25, -0.2) is 8.42 Å². The van der Waals surface area contributed by atoms with Crippen LogP contribution in [0.15, 0.2) is 78.1 Å². The third-order valence-electron chi connectivity index (χ3n) is 4.13. The molecule has 2 heterocycles. The highest BCUT2D eigenvalue weighted by Gasteiger charge is 2.30. The number of aryl methyl sites for hydroxylation is 1. The molecule has 7 heteroatoms. The Hall–Kier alpha value is -3.06. The van der Waals surface area contributed by atoms with E-state index in [0.29, 0.717) is 5.56 Å². The number of rotatable bonds is 6. The summed E-state index contributed by atoms with van der Waals surface area (Å²) in [5.41, 5.74) is 1.71. The van der Waals surface area contributed by atoms with Crippen molar-refractivity contribution in [2.75, 3.05) is 6.54 Å². The highest BCUT2D eigenvalue weighted by molar-refractivity contribution is 7.91. The van der Waals surface area contributed by atoms with Gasteiger partial charge >= 0.3 is 0 Å². The third-order valence-corrected chi connectivity index (χ3v) is 6.24. The number of pyridine rings is 2. The highest BCUT2D eigenvalue weighted by atomic mass is 32.2. The molecular formula is C20H19N3O3S. The number of benzene rings is 1. The van der Waals surface area contributed by atoms with Crippen LogP contribution in [0.25, 0.3) is 0 Å². The smallest absolute Gasteiger partial charge is 0.269 e. The maximum Gasteiger partial charge on any atom is 0.269 e. The molecule has 0 bridgehead atoms. The minimum Gasteiger partial charge on any atom is -0.349 e. The van der Waals surface area contributed by atoms with Crippen LogP contribution in [0.5, 0.6) is 0 Å². The summed E-state index contributed by atoms with van der Waals surface area (Å²) in [4.78, 5) is 20.5. The van der Waals surface area contributed by atoms with Gasteiger partial charge in [0.1, 0.15) is 10.9 Å². The quantitative estimate of drug-likeness (QED) is 0.709. The van der Waals surface area contributed by atoms with Gasteiger partial charge in [-0.3, -0.25) is 14.8 Å². The Morgan fingerprint density at radius 2 is 1.81 bits per heavy atom. The lowest BCUT2D eigenvalue weighted by molar-refractivity contribution is 0.0948. The Morgan fingerprint density at radius 1 is 1.04 bits per heavy atom. The zero-order valence-electron chi connectivity index (χ0n) is 14.7. The van der Waals surface area contributed by atoms with Gasteiger partial charge < -0.3 is 5.32 Å². The molecule has 3 rings (SSSR count). The fraction of sp³-hybridized carbons (Fsp3) is 0.150. The van der Waals surface area contributed by atoms with Gasteiger partial charge in [0.2, 0.25) is 0 Å². The lowest BCUT2D eigenvalue weighted by Crippen LogP contribution is -2.32. The molecule has 0 fully saturated rings. The third kappa shape index (κ3) is 4.38. The normalized spacial score (nSPS) is 12.3. The lowest BCUT2D eigenvalue weighted by Gasteiger charge is -2.19. The number of hydrogen-bond acceptors (Lipinski definition) is 5. The second kappa shape index (κ2) is 8.09. The zero-order valence-corrected chi connectivity index (χ0v) is 15.6. The van der Waals surface area contributed by atoms with Crippen LogP contribution in [0.3, 0.4) is 0 Å². The van der Waals surface area contributed by atoms with E-state index < -0.39 is 21.0 Å². The summed E-state index contributed by atoms with van der Waals surface area (Å²) in [5.74, 6) is -0.427. The molecule has 1 aromatic carbocycles. The van der Waals surface area contributed by atoms with E-state index in [0.717, 1.165) is 5.56 Å². The van der Waals surface area contributed by atoms with E-state index in [-0.39, 0.29) is 17.1 Å².